The molecule has 3 rings (SSSR count). The van der Waals surface area contributed by atoms with Gasteiger partial charge in [-0.3, -0.25) is 0 Å². The van der Waals surface area contributed by atoms with Gasteiger partial charge in [0.1, 0.15) is 0 Å². The molecule has 0 aromatic carbocycles. The number of hydrogen-bond acceptors (Lipinski definition) is 3. The average Bonchev–Trinajstić information content (AvgIpc) is 2.87. The minimum Gasteiger partial charge on any atom is -0.472 e. The second-order valence-corrected chi connectivity index (χ2v) is 5.65. The molecule has 2 aliphatic heterocycles. The molecule has 2 bridgehead atoms. The van der Waals surface area contributed by atoms with E-state index in [1.165, 1.54) is 31.2 Å². The largest absolute Gasteiger partial charge is 0.472 e. The molecular formula is C14H22N2O. The molecule has 0 spiro atoms. The van der Waals surface area contributed by atoms with E-state index in [0.717, 1.165) is 31.1 Å². The van der Waals surface area contributed by atoms with Gasteiger partial charge in [-0.1, -0.05) is 0 Å². The molecule has 3 heterocycles. The molecule has 2 atom stereocenters. The Kier molecular flexibility index (Phi) is 3.21. The molecule has 17 heavy (non-hydrogen) atoms. The van der Waals surface area contributed by atoms with Gasteiger partial charge in [0, 0.05) is 24.2 Å². The highest BCUT2D eigenvalue weighted by molar-refractivity contribution is 5.04. The van der Waals surface area contributed by atoms with Crippen molar-refractivity contribution in [3.8, 4) is 0 Å². The van der Waals surface area contributed by atoms with E-state index >= 15 is 0 Å². The fraction of sp³-hybridized carbons (Fsp3) is 0.714. The van der Waals surface area contributed by atoms with Crippen LogP contribution in [0.25, 0.3) is 0 Å². The Bertz CT molecular complexity index is 335. The molecule has 0 amide bonds. The van der Waals surface area contributed by atoms with Crippen molar-refractivity contribution in [3.63, 3.8) is 0 Å². The Labute approximate surface area is 103 Å². The first-order valence-electron chi connectivity index (χ1n) is 6.76. The third kappa shape index (κ3) is 2.40. The van der Waals surface area contributed by atoms with E-state index < -0.39 is 0 Å². The Hall–Kier alpha value is -0.800. The molecule has 2 saturated heterocycles. The van der Waals surface area contributed by atoms with Crippen molar-refractivity contribution in [1.82, 2.24) is 10.2 Å². The topological polar surface area (TPSA) is 28.4 Å². The van der Waals surface area contributed by atoms with Crippen molar-refractivity contribution in [2.75, 3.05) is 13.6 Å². The summed E-state index contributed by atoms with van der Waals surface area (Å²) < 4.78 is 5.07. The summed E-state index contributed by atoms with van der Waals surface area (Å²) in [5.74, 6) is 0.871. The third-order valence-corrected chi connectivity index (χ3v) is 4.54. The molecule has 2 unspecified atom stereocenters. The van der Waals surface area contributed by atoms with Gasteiger partial charge in [0.25, 0.3) is 0 Å². The van der Waals surface area contributed by atoms with Crippen LogP contribution in [0.1, 0.15) is 31.2 Å². The summed E-state index contributed by atoms with van der Waals surface area (Å²) in [5, 5.41) is 3.56. The van der Waals surface area contributed by atoms with Gasteiger partial charge < -0.3 is 14.6 Å². The minimum atomic E-state index is 0.856. The van der Waals surface area contributed by atoms with E-state index in [4.69, 9.17) is 4.42 Å². The van der Waals surface area contributed by atoms with E-state index in [-0.39, 0.29) is 0 Å². The molecule has 2 aliphatic rings. The Morgan fingerprint density at radius 1 is 1.35 bits per heavy atom. The standard InChI is InChI=1S/C14H22N2O/c1-16-13-2-3-14(16)7-12(6-13)9-15-8-11-4-5-17-10-11/h4-5,10,12-15H,2-3,6-9H2,1H3. The zero-order chi connectivity index (χ0) is 11.7. The van der Waals surface area contributed by atoms with Gasteiger partial charge in [-0.25, -0.2) is 0 Å². The van der Waals surface area contributed by atoms with E-state index in [0.29, 0.717) is 0 Å². The number of hydrogen-bond donors (Lipinski definition) is 1. The Morgan fingerprint density at radius 3 is 2.76 bits per heavy atom. The first-order valence-corrected chi connectivity index (χ1v) is 6.76. The number of furan rings is 1. The maximum atomic E-state index is 5.07. The number of fused-ring (bicyclic) bond motifs is 2. The normalized spacial score (nSPS) is 33.1. The molecule has 0 aliphatic carbocycles. The fourth-order valence-electron chi connectivity index (χ4n) is 3.50. The van der Waals surface area contributed by atoms with Crippen molar-refractivity contribution in [2.24, 2.45) is 5.92 Å². The second kappa shape index (κ2) is 4.83. The maximum absolute atomic E-state index is 5.07. The molecule has 1 N–H and O–H groups in total. The lowest BCUT2D eigenvalue weighted by atomic mass is 9.91. The van der Waals surface area contributed by atoms with Crippen molar-refractivity contribution < 1.29 is 4.42 Å². The van der Waals surface area contributed by atoms with Gasteiger partial charge in [0.2, 0.25) is 0 Å². The van der Waals surface area contributed by atoms with Crippen LogP contribution in [0.3, 0.4) is 0 Å². The highest BCUT2D eigenvalue weighted by atomic mass is 16.3. The zero-order valence-corrected chi connectivity index (χ0v) is 10.6. The van der Waals surface area contributed by atoms with Gasteiger partial charge in [0.15, 0.2) is 0 Å². The van der Waals surface area contributed by atoms with E-state index in [1.54, 1.807) is 6.26 Å². The zero-order valence-electron chi connectivity index (χ0n) is 10.6. The van der Waals surface area contributed by atoms with Crippen molar-refractivity contribution in [3.05, 3.63) is 24.2 Å². The SMILES string of the molecule is CN1C2CCC1CC(CNCc1ccoc1)C2. The highest BCUT2D eigenvalue weighted by Gasteiger charge is 2.37. The van der Waals surface area contributed by atoms with Crippen LogP contribution in [-0.2, 0) is 6.54 Å². The predicted octanol–water partition coefficient (Wildman–Crippen LogP) is 2.24. The monoisotopic (exact) mass is 234 g/mol. The Balaban J connectivity index is 1.44. The number of piperidine rings is 1. The van der Waals surface area contributed by atoms with Crippen LogP contribution < -0.4 is 5.32 Å². The van der Waals surface area contributed by atoms with Crippen LogP contribution in [0.15, 0.2) is 23.0 Å². The Morgan fingerprint density at radius 2 is 2.12 bits per heavy atom. The second-order valence-electron chi connectivity index (χ2n) is 5.65. The van der Waals surface area contributed by atoms with Crippen LogP contribution in [0.4, 0.5) is 0 Å². The van der Waals surface area contributed by atoms with Crippen LogP contribution in [0.5, 0.6) is 0 Å². The van der Waals surface area contributed by atoms with Gasteiger partial charge in [-0.15, -0.1) is 0 Å². The maximum Gasteiger partial charge on any atom is 0.0947 e. The summed E-state index contributed by atoms with van der Waals surface area (Å²) in [4.78, 5) is 2.60. The predicted molar refractivity (Wildman–Crippen MR) is 67.7 cm³/mol. The van der Waals surface area contributed by atoms with Crippen LogP contribution in [-0.4, -0.2) is 30.6 Å². The summed E-state index contributed by atoms with van der Waals surface area (Å²) in [6.45, 7) is 2.10. The molecule has 94 valence electrons. The van der Waals surface area contributed by atoms with Gasteiger partial charge in [0.05, 0.1) is 12.5 Å². The van der Waals surface area contributed by atoms with Gasteiger partial charge >= 0.3 is 0 Å². The number of rotatable bonds is 4. The summed E-state index contributed by atoms with van der Waals surface area (Å²) in [6, 6.07) is 3.75. The summed E-state index contributed by atoms with van der Waals surface area (Å²) in [6.07, 6.45) is 9.16. The summed E-state index contributed by atoms with van der Waals surface area (Å²) >= 11 is 0. The lowest BCUT2D eigenvalue weighted by molar-refractivity contribution is 0.133. The van der Waals surface area contributed by atoms with Gasteiger partial charge in [-0.2, -0.15) is 0 Å². The quantitative estimate of drug-likeness (QED) is 0.866. The molecule has 3 heteroatoms. The van der Waals surface area contributed by atoms with E-state index in [9.17, 15) is 0 Å². The van der Waals surface area contributed by atoms with Crippen LogP contribution in [0, 0.1) is 5.92 Å². The number of nitrogens with zero attached hydrogens (tertiary/aromatic N) is 1. The molecule has 1 aromatic heterocycles. The lowest BCUT2D eigenvalue weighted by Gasteiger charge is -2.36. The molecule has 1 aromatic rings. The smallest absolute Gasteiger partial charge is 0.0947 e. The molecular weight excluding hydrogens is 212 g/mol. The molecule has 2 fully saturated rings. The van der Waals surface area contributed by atoms with E-state index in [2.05, 4.69) is 17.3 Å². The van der Waals surface area contributed by atoms with E-state index in [1.807, 2.05) is 12.3 Å². The fourth-order valence-corrected chi connectivity index (χ4v) is 3.50. The third-order valence-electron chi connectivity index (χ3n) is 4.54. The first kappa shape index (κ1) is 11.3. The summed E-state index contributed by atoms with van der Waals surface area (Å²) in [5.41, 5.74) is 1.25. The minimum absolute atomic E-state index is 0.856. The molecule has 3 nitrogen and oxygen atoms in total. The average molecular weight is 234 g/mol. The first-order chi connectivity index (χ1) is 8.33. The molecule has 0 saturated carbocycles. The lowest BCUT2D eigenvalue weighted by Crippen LogP contribution is -2.42. The highest BCUT2D eigenvalue weighted by Crippen LogP contribution is 2.36. The molecule has 0 radical (unpaired) electrons. The van der Waals surface area contributed by atoms with Gasteiger partial charge in [-0.05, 0) is 51.3 Å². The van der Waals surface area contributed by atoms with Crippen LogP contribution in [0.2, 0.25) is 0 Å². The van der Waals surface area contributed by atoms with Crippen molar-refractivity contribution >= 4 is 0 Å². The van der Waals surface area contributed by atoms with Crippen molar-refractivity contribution in [1.29, 1.82) is 0 Å². The van der Waals surface area contributed by atoms with Crippen molar-refractivity contribution in [2.45, 2.75) is 44.3 Å². The van der Waals surface area contributed by atoms with Crippen LogP contribution >= 0.6 is 0 Å². The number of nitrogens with one attached hydrogen (secondary N) is 1. The summed E-state index contributed by atoms with van der Waals surface area (Å²) in [7, 11) is 2.30.